The minimum absolute atomic E-state index is 0.129. The van der Waals surface area contributed by atoms with Crippen LogP contribution in [0.1, 0.15) is 30.4 Å². The average molecular weight is 320 g/mol. The number of hydrogen-bond acceptors (Lipinski definition) is 3. The highest BCUT2D eigenvalue weighted by Crippen LogP contribution is 2.59. The van der Waals surface area contributed by atoms with Crippen molar-refractivity contribution < 1.29 is 14.3 Å². The maximum Gasteiger partial charge on any atom is 0.148 e. The molecule has 0 N–H and O–H groups in total. The predicted molar refractivity (Wildman–Crippen MR) is 93.3 cm³/mol. The molecule has 0 aliphatic heterocycles. The molecule has 1 fully saturated rings. The molecule has 0 radical (unpaired) electrons. The summed E-state index contributed by atoms with van der Waals surface area (Å²) in [6.45, 7) is 1.63. The normalized spacial score (nSPS) is 21.4. The van der Waals surface area contributed by atoms with Gasteiger partial charge in [0.2, 0.25) is 0 Å². The summed E-state index contributed by atoms with van der Waals surface area (Å²) >= 11 is 0. The zero-order chi connectivity index (χ0) is 17.2. The molecule has 0 spiro atoms. The fraction of sp³-hybridized carbons (Fsp3) is 0.286. The minimum Gasteiger partial charge on any atom is -0.497 e. The summed E-state index contributed by atoms with van der Waals surface area (Å²) in [6.07, 6.45) is 0.776. The van der Waals surface area contributed by atoms with Crippen LogP contribution in [0.15, 0.2) is 48.5 Å². The van der Waals surface area contributed by atoms with Crippen LogP contribution in [0.25, 0.3) is 0 Å². The third-order valence-corrected chi connectivity index (χ3v) is 4.63. The van der Waals surface area contributed by atoms with Gasteiger partial charge < -0.3 is 9.47 Å². The number of ether oxygens (including phenoxy) is 2. The van der Waals surface area contributed by atoms with E-state index in [4.69, 9.17) is 9.47 Å². The minimum atomic E-state index is -0.561. The number of hydrogen-bond donors (Lipinski definition) is 0. The number of carbonyl (C=O) groups is 1. The Morgan fingerprint density at radius 2 is 1.54 bits per heavy atom. The second-order valence-corrected chi connectivity index (χ2v) is 6.04. The van der Waals surface area contributed by atoms with Gasteiger partial charge in [0, 0.05) is 11.5 Å². The smallest absolute Gasteiger partial charge is 0.148 e. The first-order valence-corrected chi connectivity index (χ1v) is 7.91. The van der Waals surface area contributed by atoms with Gasteiger partial charge in [0.15, 0.2) is 0 Å². The highest BCUT2D eigenvalue weighted by atomic mass is 16.5. The quantitative estimate of drug-likeness (QED) is 0.804. The Kier molecular flexibility index (Phi) is 4.31. The van der Waals surface area contributed by atoms with Gasteiger partial charge in [0.05, 0.1) is 19.6 Å². The lowest BCUT2D eigenvalue weighted by atomic mass is 9.95. The van der Waals surface area contributed by atoms with Gasteiger partial charge in [-0.2, -0.15) is 0 Å². The lowest BCUT2D eigenvalue weighted by Crippen LogP contribution is -2.12. The van der Waals surface area contributed by atoms with Crippen molar-refractivity contribution in [1.29, 1.82) is 0 Å². The van der Waals surface area contributed by atoms with E-state index in [0.29, 0.717) is 0 Å². The Labute approximate surface area is 142 Å². The van der Waals surface area contributed by atoms with Crippen LogP contribution in [0, 0.1) is 17.3 Å². The zero-order valence-electron chi connectivity index (χ0n) is 14.1. The number of ketones is 1. The van der Waals surface area contributed by atoms with Crippen LogP contribution in [0.4, 0.5) is 0 Å². The molecular weight excluding hydrogens is 300 g/mol. The molecule has 1 aliphatic rings. The van der Waals surface area contributed by atoms with Crippen molar-refractivity contribution in [3.05, 3.63) is 59.7 Å². The van der Waals surface area contributed by atoms with E-state index >= 15 is 0 Å². The fourth-order valence-electron chi connectivity index (χ4n) is 2.97. The van der Waals surface area contributed by atoms with Crippen molar-refractivity contribution in [3.8, 4) is 23.3 Å². The summed E-state index contributed by atoms with van der Waals surface area (Å²) in [7, 11) is 3.28. The van der Waals surface area contributed by atoms with Gasteiger partial charge in [-0.3, -0.25) is 4.79 Å². The summed E-state index contributed by atoms with van der Waals surface area (Å²) in [4.78, 5) is 12.2. The first-order chi connectivity index (χ1) is 11.6. The third-order valence-electron chi connectivity index (χ3n) is 4.63. The number of carbonyl (C=O) groups excluding carboxylic acids is 1. The highest BCUT2D eigenvalue weighted by Gasteiger charge is 2.57. The first-order valence-electron chi connectivity index (χ1n) is 7.91. The van der Waals surface area contributed by atoms with Gasteiger partial charge in [0.1, 0.15) is 17.3 Å². The Morgan fingerprint density at radius 1 is 1.00 bits per heavy atom. The number of methoxy groups -OCH3 is 2. The summed E-state index contributed by atoms with van der Waals surface area (Å²) in [6, 6.07) is 15.4. The van der Waals surface area contributed by atoms with E-state index in [1.165, 1.54) is 0 Å². The van der Waals surface area contributed by atoms with Gasteiger partial charge in [-0.1, -0.05) is 24.0 Å². The summed E-state index contributed by atoms with van der Waals surface area (Å²) in [5.74, 6) is 8.28. The van der Waals surface area contributed by atoms with E-state index in [2.05, 4.69) is 11.8 Å². The Hall–Kier alpha value is -2.73. The molecule has 0 heterocycles. The molecule has 122 valence electrons. The second-order valence-electron chi connectivity index (χ2n) is 6.04. The van der Waals surface area contributed by atoms with Crippen molar-refractivity contribution in [2.75, 3.05) is 14.2 Å². The van der Waals surface area contributed by atoms with Crippen LogP contribution in [0.3, 0.4) is 0 Å². The molecule has 2 aromatic carbocycles. The number of rotatable bonds is 4. The summed E-state index contributed by atoms with van der Waals surface area (Å²) < 4.78 is 10.3. The maximum absolute atomic E-state index is 12.2. The van der Waals surface area contributed by atoms with Crippen LogP contribution in [0.2, 0.25) is 0 Å². The van der Waals surface area contributed by atoms with Crippen molar-refractivity contribution in [1.82, 2.24) is 0 Å². The van der Waals surface area contributed by atoms with Crippen molar-refractivity contribution in [2.24, 2.45) is 5.41 Å². The van der Waals surface area contributed by atoms with E-state index in [0.717, 1.165) is 29.0 Å². The van der Waals surface area contributed by atoms with Crippen LogP contribution >= 0.6 is 0 Å². The summed E-state index contributed by atoms with van der Waals surface area (Å²) in [5.41, 5.74) is 1.46. The SMILES string of the molecule is COc1ccc(C#C[C@@]2(C(C)=O)C[C@H]2c2ccc(OC)cc2)cc1. The van der Waals surface area contributed by atoms with E-state index in [1.54, 1.807) is 21.1 Å². The molecule has 3 nitrogen and oxygen atoms in total. The van der Waals surface area contributed by atoms with Crippen LogP contribution in [-0.2, 0) is 4.79 Å². The van der Waals surface area contributed by atoms with Crippen molar-refractivity contribution >= 4 is 5.78 Å². The van der Waals surface area contributed by atoms with Crippen molar-refractivity contribution in [2.45, 2.75) is 19.3 Å². The molecule has 1 aliphatic carbocycles. The zero-order valence-corrected chi connectivity index (χ0v) is 14.1. The number of benzene rings is 2. The molecule has 1 saturated carbocycles. The van der Waals surface area contributed by atoms with Gasteiger partial charge >= 0.3 is 0 Å². The van der Waals surface area contributed by atoms with E-state index in [1.807, 2.05) is 48.5 Å². The molecule has 0 unspecified atom stereocenters. The summed E-state index contributed by atoms with van der Waals surface area (Å²) in [5, 5.41) is 0. The average Bonchev–Trinajstić information content (AvgIpc) is 3.37. The molecule has 0 saturated heterocycles. The molecule has 0 aromatic heterocycles. The second kappa shape index (κ2) is 6.41. The highest BCUT2D eigenvalue weighted by molar-refractivity contribution is 5.91. The van der Waals surface area contributed by atoms with Gasteiger partial charge in [-0.15, -0.1) is 0 Å². The van der Waals surface area contributed by atoms with Crippen molar-refractivity contribution in [3.63, 3.8) is 0 Å². The molecule has 24 heavy (non-hydrogen) atoms. The lowest BCUT2D eigenvalue weighted by Gasteiger charge is -2.07. The van der Waals surface area contributed by atoms with E-state index in [9.17, 15) is 4.79 Å². The molecule has 2 atom stereocenters. The third kappa shape index (κ3) is 3.00. The van der Waals surface area contributed by atoms with E-state index in [-0.39, 0.29) is 11.7 Å². The first kappa shape index (κ1) is 16.1. The predicted octanol–water partition coefficient (Wildman–Crippen LogP) is 3.82. The molecule has 3 rings (SSSR count). The molecular formula is C21H20O3. The molecule has 3 heteroatoms. The van der Waals surface area contributed by atoms with Gasteiger partial charge in [0.25, 0.3) is 0 Å². The standard InChI is InChI=1S/C21H20O3/c1-15(22)21(13-12-16-4-8-18(23-2)9-5-16)14-20(21)17-6-10-19(24-3)11-7-17/h4-11,20H,14H2,1-3H3/t20-,21-/m0/s1. The Balaban J connectivity index is 1.83. The Bertz CT molecular complexity index is 794. The van der Waals surface area contributed by atoms with Gasteiger partial charge in [-0.25, -0.2) is 0 Å². The Morgan fingerprint density at radius 3 is 2.04 bits per heavy atom. The molecule has 0 amide bonds. The van der Waals surface area contributed by atoms with Crippen LogP contribution < -0.4 is 9.47 Å². The topological polar surface area (TPSA) is 35.5 Å². The maximum atomic E-state index is 12.2. The molecule has 0 bridgehead atoms. The van der Waals surface area contributed by atoms with Crippen LogP contribution in [-0.4, -0.2) is 20.0 Å². The van der Waals surface area contributed by atoms with E-state index < -0.39 is 5.41 Å². The monoisotopic (exact) mass is 320 g/mol. The lowest BCUT2D eigenvalue weighted by molar-refractivity contribution is -0.120. The largest absolute Gasteiger partial charge is 0.497 e. The fourth-order valence-corrected chi connectivity index (χ4v) is 2.97. The van der Waals surface area contributed by atoms with Gasteiger partial charge in [-0.05, 0) is 55.3 Å². The van der Waals surface area contributed by atoms with Crippen LogP contribution in [0.5, 0.6) is 11.5 Å². The number of Topliss-reactive ketones (excluding diaryl/α,β-unsaturated/α-hetero) is 1. The molecule has 2 aromatic rings.